The third-order valence-electron chi connectivity index (χ3n) is 5.41. The van der Waals surface area contributed by atoms with Crippen LogP contribution in [0.2, 0.25) is 0 Å². The van der Waals surface area contributed by atoms with Crippen LogP contribution >= 0.6 is 11.8 Å². The lowest BCUT2D eigenvalue weighted by Crippen LogP contribution is -2.38. The largest absolute Gasteiger partial charge is 0.493 e. The van der Waals surface area contributed by atoms with Gasteiger partial charge in [-0.05, 0) is 24.6 Å². The highest BCUT2D eigenvalue weighted by Crippen LogP contribution is 2.40. The van der Waals surface area contributed by atoms with Gasteiger partial charge in [-0.25, -0.2) is 0 Å². The number of benzene rings is 1. The second-order valence-corrected chi connectivity index (χ2v) is 9.11. The summed E-state index contributed by atoms with van der Waals surface area (Å²) >= 11 is 1.67. The van der Waals surface area contributed by atoms with Crippen LogP contribution in [-0.2, 0) is 10.2 Å². The number of nitriles is 1. The Labute approximate surface area is 178 Å². The molecular weight excluding hydrogens is 386 g/mol. The van der Waals surface area contributed by atoms with Crippen molar-refractivity contribution in [2.75, 3.05) is 58.9 Å². The van der Waals surface area contributed by atoms with Crippen LogP contribution in [0.1, 0.15) is 31.9 Å². The second kappa shape index (κ2) is 9.84. The van der Waals surface area contributed by atoms with Crippen LogP contribution in [0.25, 0.3) is 0 Å². The number of thioether (sulfide) groups is 1. The lowest BCUT2D eigenvalue weighted by molar-refractivity contribution is 0.0410. The minimum Gasteiger partial charge on any atom is -0.493 e. The van der Waals surface area contributed by atoms with E-state index in [-0.39, 0.29) is 10.7 Å². The topological polar surface area (TPSA) is 67.1 Å². The molecule has 0 aliphatic carbocycles. The Kier molecular flexibility index (Phi) is 7.44. The average Bonchev–Trinajstić information content (AvgIpc) is 2.73. The first-order chi connectivity index (χ1) is 14.0. The van der Waals surface area contributed by atoms with Gasteiger partial charge in [0.15, 0.2) is 11.5 Å². The molecule has 1 unspecified atom stereocenters. The quantitative estimate of drug-likeness (QED) is 0.647. The van der Waals surface area contributed by atoms with Gasteiger partial charge in [-0.1, -0.05) is 13.8 Å². The first-order valence-electron chi connectivity index (χ1n) is 10.2. The summed E-state index contributed by atoms with van der Waals surface area (Å²) in [7, 11) is 1.65. The molecule has 1 saturated heterocycles. The van der Waals surface area contributed by atoms with E-state index in [4.69, 9.17) is 19.2 Å². The summed E-state index contributed by atoms with van der Waals surface area (Å²) in [5, 5.41) is 9.60. The minimum absolute atomic E-state index is 0.116. The highest BCUT2D eigenvalue weighted by Gasteiger charge is 2.34. The molecule has 2 aliphatic heterocycles. The molecule has 1 atom stereocenters. The third-order valence-corrected chi connectivity index (χ3v) is 6.50. The Balaban J connectivity index is 1.82. The zero-order valence-electron chi connectivity index (χ0n) is 17.9. The highest BCUT2D eigenvalue weighted by atomic mass is 32.2. The van der Waals surface area contributed by atoms with E-state index in [2.05, 4.69) is 30.9 Å². The van der Waals surface area contributed by atoms with Gasteiger partial charge in [0.25, 0.3) is 0 Å². The molecule has 0 amide bonds. The zero-order chi connectivity index (χ0) is 20.9. The van der Waals surface area contributed by atoms with E-state index in [9.17, 15) is 5.26 Å². The van der Waals surface area contributed by atoms with E-state index >= 15 is 0 Å². The lowest BCUT2D eigenvalue weighted by Gasteiger charge is -2.33. The molecule has 1 fully saturated rings. The zero-order valence-corrected chi connectivity index (χ0v) is 18.7. The van der Waals surface area contributed by atoms with Crippen molar-refractivity contribution in [1.29, 1.82) is 5.26 Å². The molecule has 0 radical (unpaired) electrons. The van der Waals surface area contributed by atoms with Crippen LogP contribution in [0.5, 0.6) is 11.5 Å². The molecular formula is C22H31N3O3S. The number of ether oxygens (including phenoxy) is 3. The van der Waals surface area contributed by atoms with Gasteiger partial charge in [0.1, 0.15) is 5.25 Å². The third kappa shape index (κ3) is 5.06. The van der Waals surface area contributed by atoms with E-state index in [1.807, 2.05) is 13.0 Å². The fourth-order valence-electron chi connectivity index (χ4n) is 3.74. The molecule has 0 N–H and O–H groups in total. The molecule has 1 aromatic carbocycles. The number of fused-ring (bicyclic) bond motifs is 1. The summed E-state index contributed by atoms with van der Waals surface area (Å²) in [5.74, 6) is 2.33. The first kappa shape index (κ1) is 21.9. The molecule has 7 heteroatoms. The summed E-state index contributed by atoms with van der Waals surface area (Å²) in [5.41, 5.74) is 2.91. The Morgan fingerprint density at radius 1 is 1.31 bits per heavy atom. The van der Waals surface area contributed by atoms with E-state index in [0.717, 1.165) is 55.6 Å². The van der Waals surface area contributed by atoms with Crippen LogP contribution < -0.4 is 9.47 Å². The van der Waals surface area contributed by atoms with Crippen molar-refractivity contribution < 1.29 is 14.2 Å². The molecule has 0 bridgehead atoms. The van der Waals surface area contributed by atoms with Crippen LogP contribution in [0, 0.1) is 11.3 Å². The number of nitrogens with zero attached hydrogens (tertiary/aromatic N) is 3. The fourth-order valence-corrected chi connectivity index (χ4v) is 4.77. The molecule has 0 aromatic heterocycles. The van der Waals surface area contributed by atoms with Crippen molar-refractivity contribution in [3.63, 3.8) is 0 Å². The van der Waals surface area contributed by atoms with Gasteiger partial charge in [-0.2, -0.15) is 5.26 Å². The molecule has 2 heterocycles. The molecule has 1 aromatic rings. The normalized spacial score (nSPS) is 19.6. The van der Waals surface area contributed by atoms with Gasteiger partial charge in [-0.15, -0.1) is 11.8 Å². The maximum absolute atomic E-state index is 9.90. The Morgan fingerprint density at radius 3 is 2.72 bits per heavy atom. The maximum atomic E-state index is 9.90. The maximum Gasteiger partial charge on any atom is 0.161 e. The lowest BCUT2D eigenvalue weighted by atomic mass is 9.78. The number of hydrogen-bond acceptors (Lipinski definition) is 7. The minimum atomic E-state index is -0.298. The molecule has 29 heavy (non-hydrogen) atoms. The monoisotopic (exact) mass is 417 g/mol. The number of aliphatic imine (C=N–C) groups is 1. The second-order valence-electron chi connectivity index (χ2n) is 7.90. The SMILES string of the molecule is CCOc1cc2c(cc1OC)C(C(C#N)SCCN1CCOCC1)=NCC2(C)C. The van der Waals surface area contributed by atoms with Crippen molar-refractivity contribution in [3.05, 3.63) is 23.3 Å². The van der Waals surface area contributed by atoms with Crippen molar-refractivity contribution in [1.82, 2.24) is 4.90 Å². The standard InChI is InChI=1S/C22H31N3O3S/c1-5-28-19-13-17-16(12-18(19)26-4)21(24-15-22(17,2)3)20(14-23)29-11-8-25-6-9-27-10-7-25/h12-13,20H,5-11,15H2,1-4H3. The van der Waals surface area contributed by atoms with E-state index in [1.165, 1.54) is 5.56 Å². The van der Waals surface area contributed by atoms with Crippen LogP contribution in [0.15, 0.2) is 17.1 Å². The number of methoxy groups -OCH3 is 1. The number of rotatable bonds is 8. The van der Waals surface area contributed by atoms with Gasteiger partial charge in [0, 0.05) is 42.9 Å². The molecule has 0 saturated carbocycles. The summed E-state index contributed by atoms with van der Waals surface area (Å²) in [6.45, 7) is 12.1. The summed E-state index contributed by atoms with van der Waals surface area (Å²) in [6.07, 6.45) is 0. The molecule has 0 spiro atoms. The van der Waals surface area contributed by atoms with Gasteiger partial charge < -0.3 is 14.2 Å². The molecule has 2 aliphatic rings. The van der Waals surface area contributed by atoms with Crippen LogP contribution in [0.3, 0.4) is 0 Å². The van der Waals surface area contributed by atoms with E-state index in [1.54, 1.807) is 18.9 Å². The number of hydrogen-bond donors (Lipinski definition) is 0. The Morgan fingerprint density at radius 2 is 2.07 bits per heavy atom. The van der Waals surface area contributed by atoms with Crippen molar-refractivity contribution in [3.8, 4) is 17.6 Å². The first-order valence-corrected chi connectivity index (χ1v) is 11.3. The van der Waals surface area contributed by atoms with Crippen LogP contribution in [-0.4, -0.2) is 74.7 Å². The van der Waals surface area contributed by atoms with Gasteiger partial charge in [-0.3, -0.25) is 9.89 Å². The van der Waals surface area contributed by atoms with E-state index in [0.29, 0.717) is 18.9 Å². The van der Waals surface area contributed by atoms with Gasteiger partial charge in [0.05, 0.1) is 38.7 Å². The van der Waals surface area contributed by atoms with E-state index < -0.39 is 0 Å². The summed E-state index contributed by atoms with van der Waals surface area (Å²) < 4.78 is 16.8. The average molecular weight is 418 g/mol. The summed E-state index contributed by atoms with van der Waals surface area (Å²) in [6, 6.07) is 6.53. The fraction of sp³-hybridized carbons (Fsp3) is 0.636. The molecule has 158 valence electrons. The predicted octanol–water partition coefficient (Wildman–Crippen LogP) is 3.13. The highest BCUT2D eigenvalue weighted by molar-refractivity contribution is 8.00. The molecule has 3 rings (SSSR count). The predicted molar refractivity (Wildman–Crippen MR) is 118 cm³/mol. The van der Waals surface area contributed by atoms with Crippen LogP contribution in [0.4, 0.5) is 0 Å². The number of morpholine rings is 1. The van der Waals surface area contributed by atoms with Gasteiger partial charge in [0.2, 0.25) is 0 Å². The van der Waals surface area contributed by atoms with Crippen molar-refractivity contribution in [2.45, 2.75) is 31.4 Å². The van der Waals surface area contributed by atoms with Gasteiger partial charge >= 0.3 is 0 Å². The Hall–Kier alpha value is -1.75. The molecule has 6 nitrogen and oxygen atoms in total. The van der Waals surface area contributed by atoms with Crippen molar-refractivity contribution >= 4 is 17.5 Å². The van der Waals surface area contributed by atoms with Crippen molar-refractivity contribution in [2.24, 2.45) is 4.99 Å². The Bertz CT molecular complexity index is 782. The summed E-state index contributed by atoms with van der Waals surface area (Å²) in [4.78, 5) is 7.25. The smallest absolute Gasteiger partial charge is 0.161 e.